The number of hydrogen-bond donors (Lipinski definition) is 1. The van der Waals surface area contributed by atoms with Gasteiger partial charge in [-0.15, -0.1) is 0 Å². The van der Waals surface area contributed by atoms with Crippen molar-refractivity contribution in [2.45, 2.75) is 34.6 Å². The standard InChI is InChI=1S/C7H10O4.C5H8O3.C4H6O3/c1-5(2)7(9)11-4-10-6(3)8;1-4(2)5(7)8-3-6;1-3(5)7-4(2)6/h1,4H2,2-3H3;6H,1,3H2,2H3;1-2H3. The second kappa shape index (κ2) is 16.8. The Labute approximate surface area is 151 Å². The van der Waals surface area contributed by atoms with Crippen LogP contribution in [0.15, 0.2) is 24.3 Å². The van der Waals surface area contributed by atoms with Crippen LogP contribution in [0.5, 0.6) is 0 Å². The van der Waals surface area contributed by atoms with Crippen molar-refractivity contribution in [2.75, 3.05) is 13.6 Å². The first-order chi connectivity index (χ1) is 11.8. The topological polar surface area (TPSA) is 142 Å². The van der Waals surface area contributed by atoms with Crippen LogP contribution in [0.3, 0.4) is 0 Å². The Bertz CT molecular complexity index is 521. The summed E-state index contributed by atoms with van der Waals surface area (Å²) in [6, 6.07) is 0. The number of ether oxygens (including phenoxy) is 4. The van der Waals surface area contributed by atoms with Gasteiger partial charge in [-0.2, -0.15) is 0 Å². The molecule has 0 rings (SSSR count). The zero-order valence-corrected chi connectivity index (χ0v) is 15.4. The summed E-state index contributed by atoms with van der Waals surface area (Å²) in [6.07, 6.45) is 0. The van der Waals surface area contributed by atoms with Crippen LogP contribution < -0.4 is 0 Å². The fraction of sp³-hybridized carbons (Fsp3) is 0.438. The summed E-state index contributed by atoms with van der Waals surface area (Å²) in [5, 5.41) is 8.00. The van der Waals surface area contributed by atoms with Gasteiger partial charge in [-0.3, -0.25) is 14.4 Å². The molecule has 1 N–H and O–H groups in total. The molecule has 0 bridgehead atoms. The molecule has 0 aliphatic carbocycles. The second-order valence-corrected chi connectivity index (χ2v) is 4.39. The van der Waals surface area contributed by atoms with Crippen LogP contribution in [0, 0.1) is 0 Å². The van der Waals surface area contributed by atoms with Crippen molar-refractivity contribution < 1.29 is 48.0 Å². The van der Waals surface area contributed by atoms with Crippen LogP contribution in [0.1, 0.15) is 34.6 Å². The third-order valence-corrected chi connectivity index (χ3v) is 1.63. The maximum absolute atomic E-state index is 10.6. The van der Waals surface area contributed by atoms with Crippen molar-refractivity contribution >= 4 is 29.8 Å². The quantitative estimate of drug-likeness (QED) is 0.240. The molecule has 0 saturated carbocycles. The molecule has 0 aromatic heterocycles. The van der Waals surface area contributed by atoms with Crippen LogP contribution in [-0.4, -0.2) is 48.5 Å². The van der Waals surface area contributed by atoms with Crippen molar-refractivity contribution in [1.82, 2.24) is 0 Å². The highest BCUT2D eigenvalue weighted by molar-refractivity contribution is 5.87. The number of carbonyl (C=O) groups is 5. The van der Waals surface area contributed by atoms with E-state index < -0.39 is 36.6 Å². The Morgan fingerprint density at radius 1 is 0.692 bits per heavy atom. The SMILES string of the molecule is C=C(C)C(=O)OCO.C=C(C)C(=O)OCOC(C)=O.CC(=O)OC(C)=O. The molecule has 0 spiro atoms. The largest absolute Gasteiger partial charge is 0.435 e. The normalized spacial score (nSPS) is 8.23. The van der Waals surface area contributed by atoms with E-state index in [4.69, 9.17) is 5.11 Å². The number of esters is 5. The van der Waals surface area contributed by atoms with E-state index in [1.807, 2.05) is 0 Å². The lowest BCUT2D eigenvalue weighted by Gasteiger charge is -2.02. The Morgan fingerprint density at radius 2 is 1.08 bits per heavy atom. The smallest absolute Gasteiger partial charge is 0.335 e. The van der Waals surface area contributed by atoms with Gasteiger partial charge in [0.1, 0.15) is 0 Å². The molecule has 0 fully saturated rings. The molecule has 0 atom stereocenters. The van der Waals surface area contributed by atoms with E-state index in [2.05, 4.69) is 32.1 Å². The molecular formula is C16H24O10. The zero-order valence-electron chi connectivity index (χ0n) is 15.4. The van der Waals surface area contributed by atoms with Crippen LogP contribution >= 0.6 is 0 Å². The third-order valence-electron chi connectivity index (χ3n) is 1.63. The van der Waals surface area contributed by atoms with E-state index in [9.17, 15) is 24.0 Å². The molecule has 0 aromatic carbocycles. The van der Waals surface area contributed by atoms with Gasteiger partial charge in [-0.25, -0.2) is 9.59 Å². The van der Waals surface area contributed by atoms with E-state index in [0.717, 1.165) is 0 Å². The lowest BCUT2D eigenvalue weighted by atomic mass is 10.4. The summed E-state index contributed by atoms with van der Waals surface area (Å²) in [5.74, 6) is -2.74. The summed E-state index contributed by atoms with van der Waals surface area (Å²) >= 11 is 0. The molecule has 0 unspecified atom stereocenters. The van der Waals surface area contributed by atoms with E-state index in [1.54, 1.807) is 0 Å². The second-order valence-electron chi connectivity index (χ2n) is 4.39. The first kappa shape index (κ1) is 27.8. The van der Waals surface area contributed by atoms with Gasteiger partial charge in [-0.1, -0.05) is 13.2 Å². The van der Waals surface area contributed by atoms with Crippen molar-refractivity contribution in [3.63, 3.8) is 0 Å². The summed E-state index contributed by atoms with van der Waals surface area (Å²) in [7, 11) is 0. The maximum atomic E-state index is 10.6. The predicted octanol–water partition coefficient (Wildman–Crippen LogP) is 0.778. The lowest BCUT2D eigenvalue weighted by Crippen LogP contribution is -2.10. The first-order valence-electron chi connectivity index (χ1n) is 6.93. The van der Waals surface area contributed by atoms with Crippen molar-refractivity contribution in [2.24, 2.45) is 0 Å². The Balaban J connectivity index is -0.000000315. The third kappa shape index (κ3) is 25.9. The number of carbonyl (C=O) groups excluding carboxylic acids is 5. The van der Waals surface area contributed by atoms with Crippen LogP contribution in [0.25, 0.3) is 0 Å². The number of rotatable bonds is 5. The maximum Gasteiger partial charge on any atom is 0.335 e. The van der Waals surface area contributed by atoms with Gasteiger partial charge >= 0.3 is 29.8 Å². The van der Waals surface area contributed by atoms with Gasteiger partial charge in [0.05, 0.1) is 0 Å². The summed E-state index contributed by atoms with van der Waals surface area (Å²) in [5.41, 5.74) is 0.566. The minimum absolute atomic E-state index is 0.275. The van der Waals surface area contributed by atoms with Gasteiger partial charge in [-0.05, 0) is 13.8 Å². The molecule has 0 amide bonds. The van der Waals surface area contributed by atoms with Crippen LogP contribution in [0.2, 0.25) is 0 Å². The van der Waals surface area contributed by atoms with E-state index >= 15 is 0 Å². The van der Waals surface area contributed by atoms with Gasteiger partial charge in [0, 0.05) is 31.9 Å². The number of aliphatic hydroxyl groups excluding tert-OH is 1. The molecule has 0 aromatic rings. The molecule has 0 aliphatic rings. The highest BCUT2D eigenvalue weighted by Crippen LogP contribution is 1.91. The average Bonchev–Trinajstić information content (AvgIpc) is 2.46. The molecule has 148 valence electrons. The van der Waals surface area contributed by atoms with Gasteiger partial charge in [0.15, 0.2) is 6.79 Å². The van der Waals surface area contributed by atoms with Gasteiger partial charge in [0.2, 0.25) is 6.79 Å². The first-order valence-corrected chi connectivity index (χ1v) is 6.93. The number of hydrogen-bond acceptors (Lipinski definition) is 10. The molecular weight excluding hydrogens is 352 g/mol. The minimum atomic E-state index is -0.578. The average molecular weight is 376 g/mol. The minimum Gasteiger partial charge on any atom is -0.435 e. The molecule has 0 radical (unpaired) electrons. The van der Waals surface area contributed by atoms with Crippen LogP contribution in [-0.2, 0) is 42.9 Å². The summed E-state index contributed by atoms with van der Waals surface area (Å²) < 4.78 is 16.9. The summed E-state index contributed by atoms with van der Waals surface area (Å²) in [4.78, 5) is 50.7. The Morgan fingerprint density at radius 3 is 1.27 bits per heavy atom. The van der Waals surface area contributed by atoms with E-state index in [-0.39, 0.29) is 12.4 Å². The highest BCUT2D eigenvalue weighted by Gasteiger charge is 2.02. The fourth-order valence-corrected chi connectivity index (χ4v) is 0.673. The Hall–Kier alpha value is -3.01. The molecule has 26 heavy (non-hydrogen) atoms. The fourth-order valence-electron chi connectivity index (χ4n) is 0.673. The summed E-state index contributed by atoms with van der Waals surface area (Å²) in [6.45, 7) is 12.3. The van der Waals surface area contributed by atoms with Gasteiger partial charge < -0.3 is 24.1 Å². The number of aliphatic hydroxyl groups is 1. The molecule has 0 saturated heterocycles. The molecule has 0 aliphatic heterocycles. The van der Waals surface area contributed by atoms with Gasteiger partial charge in [0.25, 0.3) is 0 Å². The van der Waals surface area contributed by atoms with Crippen molar-refractivity contribution in [3.8, 4) is 0 Å². The lowest BCUT2D eigenvalue weighted by molar-refractivity contribution is -0.163. The molecule has 10 nitrogen and oxygen atoms in total. The van der Waals surface area contributed by atoms with E-state index in [1.165, 1.54) is 34.6 Å². The molecule has 0 heterocycles. The van der Waals surface area contributed by atoms with Crippen molar-refractivity contribution in [1.29, 1.82) is 0 Å². The van der Waals surface area contributed by atoms with E-state index in [0.29, 0.717) is 5.57 Å². The monoisotopic (exact) mass is 376 g/mol. The molecule has 10 heteroatoms. The van der Waals surface area contributed by atoms with Crippen molar-refractivity contribution in [3.05, 3.63) is 24.3 Å². The zero-order chi connectivity index (χ0) is 21.3. The Kier molecular flexibility index (Phi) is 18.0. The van der Waals surface area contributed by atoms with Crippen LogP contribution in [0.4, 0.5) is 0 Å². The highest BCUT2D eigenvalue weighted by atomic mass is 16.7. The predicted molar refractivity (Wildman–Crippen MR) is 88.0 cm³/mol.